The molecule has 0 bridgehead atoms. The van der Waals surface area contributed by atoms with Crippen molar-refractivity contribution in [1.29, 1.82) is 0 Å². The summed E-state index contributed by atoms with van der Waals surface area (Å²) >= 11 is 1.09. The molecule has 6 nitrogen and oxygen atoms in total. The lowest BCUT2D eigenvalue weighted by molar-refractivity contribution is -0.139. The zero-order chi connectivity index (χ0) is 19.3. The van der Waals surface area contributed by atoms with Gasteiger partial charge in [-0.1, -0.05) is 12.1 Å². The van der Waals surface area contributed by atoms with Gasteiger partial charge in [0.15, 0.2) is 6.61 Å². The molecule has 0 aliphatic heterocycles. The number of thiophene rings is 1. The Bertz CT molecular complexity index is 776. The number of carboxylic acids is 1. The molecule has 1 aromatic carbocycles. The number of benzene rings is 1. The number of carboxylic acid groups (broad SMARTS) is 1. The number of amides is 1. The van der Waals surface area contributed by atoms with E-state index in [-0.39, 0.29) is 17.2 Å². The normalized spacial score (nSPS) is 10.7. The Morgan fingerprint density at radius 1 is 1.27 bits per heavy atom. The molecule has 0 aliphatic rings. The van der Waals surface area contributed by atoms with Gasteiger partial charge in [-0.25, -0.2) is 4.79 Å². The van der Waals surface area contributed by atoms with E-state index in [1.165, 1.54) is 11.0 Å². The van der Waals surface area contributed by atoms with Gasteiger partial charge in [-0.3, -0.25) is 4.79 Å². The van der Waals surface area contributed by atoms with E-state index in [0.29, 0.717) is 10.6 Å². The maximum atomic E-state index is 12.5. The fraction of sp³-hybridized carbons (Fsp3) is 0.294. The number of halogens is 2. The number of ether oxygens (including phenoxy) is 2. The summed E-state index contributed by atoms with van der Waals surface area (Å²) in [5.41, 5.74) is 0.771. The molecule has 0 spiro atoms. The van der Waals surface area contributed by atoms with E-state index in [4.69, 9.17) is 9.84 Å². The van der Waals surface area contributed by atoms with Crippen LogP contribution in [0.2, 0.25) is 0 Å². The van der Waals surface area contributed by atoms with Gasteiger partial charge in [0.05, 0.1) is 0 Å². The monoisotopic (exact) mass is 385 g/mol. The Kier molecular flexibility index (Phi) is 6.51. The van der Waals surface area contributed by atoms with Gasteiger partial charge in [-0.2, -0.15) is 8.78 Å². The summed E-state index contributed by atoms with van der Waals surface area (Å²) in [7, 11) is 1.55. The molecule has 2 aromatic rings. The first-order valence-electron chi connectivity index (χ1n) is 7.50. The number of rotatable bonds is 8. The minimum Gasteiger partial charge on any atom is -0.482 e. The van der Waals surface area contributed by atoms with Crippen LogP contribution in [0.1, 0.15) is 20.1 Å². The Hall–Kier alpha value is -2.68. The predicted octanol–water partition coefficient (Wildman–Crippen LogP) is 3.39. The molecule has 0 saturated carbocycles. The molecular formula is C17H17F2NO5S. The van der Waals surface area contributed by atoms with Crippen LogP contribution in [0.15, 0.2) is 30.3 Å². The number of alkyl halides is 2. The van der Waals surface area contributed by atoms with Crippen molar-refractivity contribution in [3.63, 3.8) is 0 Å². The SMILES string of the molecule is Cc1cc(OC(F)F)c(C(=O)N(C)Cc2ccc(OCC(=O)O)cc2)s1. The summed E-state index contributed by atoms with van der Waals surface area (Å²) in [6.07, 6.45) is 0. The third kappa shape index (κ3) is 5.41. The average molecular weight is 385 g/mol. The minimum atomic E-state index is -3.00. The van der Waals surface area contributed by atoms with E-state index >= 15 is 0 Å². The lowest BCUT2D eigenvalue weighted by atomic mass is 10.2. The summed E-state index contributed by atoms with van der Waals surface area (Å²) in [6, 6.07) is 7.98. The number of aliphatic carboxylic acids is 1. The largest absolute Gasteiger partial charge is 0.482 e. The van der Waals surface area contributed by atoms with E-state index in [1.54, 1.807) is 38.2 Å². The lowest BCUT2D eigenvalue weighted by Crippen LogP contribution is -2.26. The second kappa shape index (κ2) is 8.61. The molecule has 26 heavy (non-hydrogen) atoms. The molecule has 1 amide bonds. The molecule has 1 aromatic heterocycles. The molecule has 140 valence electrons. The van der Waals surface area contributed by atoms with Gasteiger partial charge in [0.2, 0.25) is 0 Å². The van der Waals surface area contributed by atoms with E-state index in [1.807, 2.05) is 0 Å². The Morgan fingerprint density at radius 3 is 2.50 bits per heavy atom. The number of hydrogen-bond acceptors (Lipinski definition) is 5. The van der Waals surface area contributed by atoms with Crippen LogP contribution in [0.3, 0.4) is 0 Å². The van der Waals surface area contributed by atoms with Crippen LogP contribution in [0.4, 0.5) is 8.78 Å². The Morgan fingerprint density at radius 2 is 1.92 bits per heavy atom. The molecule has 0 aliphatic carbocycles. The molecule has 1 N–H and O–H groups in total. The van der Waals surface area contributed by atoms with Crippen LogP contribution in [0.25, 0.3) is 0 Å². The van der Waals surface area contributed by atoms with Gasteiger partial charge in [0.1, 0.15) is 16.4 Å². The third-order valence-corrected chi connectivity index (χ3v) is 4.30. The second-order valence-corrected chi connectivity index (χ2v) is 6.67. The first kappa shape index (κ1) is 19.6. The molecule has 0 atom stereocenters. The van der Waals surface area contributed by atoms with Crippen molar-refractivity contribution < 1.29 is 33.0 Å². The number of nitrogens with zero attached hydrogens (tertiary/aromatic N) is 1. The standard InChI is InChI=1S/C17H17F2NO5S/c1-10-7-13(25-17(18)19)15(26-10)16(23)20(2)8-11-3-5-12(6-4-11)24-9-14(21)22/h3-7,17H,8-9H2,1-2H3,(H,21,22). The number of aryl methyl sites for hydroxylation is 1. The van der Waals surface area contributed by atoms with Gasteiger partial charge < -0.3 is 19.5 Å². The molecule has 0 radical (unpaired) electrons. The smallest absolute Gasteiger partial charge is 0.387 e. The quantitative estimate of drug-likeness (QED) is 0.754. The summed E-state index contributed by atoms with van der Waals surface area (Å²) in [5, 5.41) is 8.57. The predicted molar refractivity (Wildman–Crippen MR) is 91.1 cm³/mol. The molecule has 0 saturated heterocycles. The third-order valence-electron chi connectivity index (χ3n) is 3.28. The van der Waals surface area contributed by atoms with Crippen LogP contribution in [0.5, 0.6) is 11.5 Å². The Balaban J connectivity index is 2.04. The van der Waals surface area contributed by atoms with Gasteiger partial charge >= 0.3 is 12.6 Å². The zero-order valence-corrected chi connectivity index (χ0v) is 14.9. The van der Waals surface area contributed by atoms with Crippen LogP contribution in [-0.2, 0) is 11.3 Å². The van der Waals surface area contributed by atoms with Crippen molar-refractivity contribution in [3.8, 4) is 11.5 Å². The van der Waals surface area contributed by atoms with Crippen LogP contribution < -0.4 is 9.47 Å². The number of carbonyl (C=O) groups excluding carboxylic acids is 1. The van der Waals surface area contributed by atoms with Crippen molar-refractivity contribution in [2.75, 3.05) is 13.7 Å². The molecule has 0 unspecified atom stereocenters. The summed E-state index contributed by atoms with van der Waals surface area (Å²) < 4.78 is 34.4. The summed E-state index contributed by atoms with van der Waals surface area (Å²) in [6.45, 7) is -1.50. The highest BCUT2D eigenvalue weighted by Crippen LogP contribution is 2.31. The molecule has 2 rings (SSSR count). The van der Waals surface area contributed by atoms with E-state index < -0.39 is 25.1 Å². The minimum absolute atomic E-state index is 0.117. The molecule has 0 fully saturated rings. The highest BCUT2D eigenvalue weighted by molar-refractivity contribution is 7.14. The molecule has 9 heteroatoms. The topological polar surface area (TPSA) is 76.1 Å². The van der Waals surface area contributed by atoms with Crippen LogP contribution in [0, 0.1) is 6.92 Å². The molecule has 1 heterocycles. The van der Waals surface area contributed by atoms with Crippen molar-refractivity contribution in [3.05, 3.63) is 45.6 Å². The van der Waals surface area contributed by atoms with Crippen LogP contribution >= 0.6 is 11.3 Å². The lowest BCUT2D eigenvalue weighted by Gasteiger charge is -2.17. The van der Waals surface area contributed by atoms with Crippen LogP contribution in [-0.4, -0.2) is 42.1 Å². The molecular weight excluding hydrogens is 368 g/mol. The zero-order valence-electron chi connectivity index (χ0n) is 14.1. The first-order valence-corrected chi connectivity index (χ1v) is 8.32. The maximum absolute atomic E-state index is 12.5. The second-order valence-electron chi connectivity index (χ2n) is 5.42. The van der Waals surface area contributed by atoms with Gasteiger partial charge in [-0.05, 0) is 30.7 Å². The Labute approximate surface area is 152 Å². The number of hydrogen-bond donors (Lipinski definition) is 1. The van der Waals surface area contributed by atoms with Gasteiger partial charge in [0, 0.05) is 18.5 Å². The van der Waals surface area contributed by atoms with Crippen molar-refractivity contribution in [2.24, 2.45) is 0 Å². The van der Waals surface area contributed by atoms with Crippen molar-refractivity contribution in [1.82, 2.24) is 4.90 Å². The maximum Gasteiger partial charge on any atom is 0.387 e. The van der Waals surface area contributed by atoms with Gasteiger partial charge in [-0.15, -0.1) is 11.3 Å². The van der Waals surface area contributed by atoms with Crippen molar-refractivity contribution >= 4 is 23.2 Å². The van der Waals surface area contributed by atoms with E-state index in [9.17, 15) is 18.4 Å². The van der Waals surface area contributed by atoms with Gasteiger partial charge in [0.25, 0.3) is 5.91 Å². The fourth-order valence-electron chi connectivity index (χ4n) is 2.18. The number of carbonyl (C=O) groups is 2. The summed E-state index contributed by atoms with van der Waals surface area (Å²) in [5.74, 6) is -1.24. The van der Waals surface area contributed by atoms with E-state index in [2.05, 4.69) is 4.74 Å². The fourth-order valence-corrected chi connectivity index (χ4v) is 3.12. The first-order chi connectivity index (χ1) is 12.3. The highest BCUT2D eigenvalue weighted by Gasteiger charge is 2.22. The highest BCUT2D eigenvalue weighted by atomic mass is 32.1. The van der Waals surface area contributed by atoms with Crippen molar-refractivity contribution in [2.45, 2.75) is 20.1 Å². The summed E-state index contributed by atoms with van der Waals surface area (Å²) in [4.78, 5) is 25.2. The average Bonchev–Trinajstić information content (AvgIpc) is 2.92. The van der Waals surface area contributed by atoms with E-state index in [0.717, 1.165) is 16.9 Å².